The van der Waals surface area contributed by atoms with E-state index >= 15 is 0 Å². The average Bonchev–Trinajstić information content (AvgIpc) is 2.30. The second-order valence-electron chi connectivity index (χ2n) is 5.06. The summed E-state index contributed by atoms with van der Waals surface area (Å²) in [5.74, 6) is 0.227. The highest BCUT2D eigenvalue weighted by molar-refractivity contribution is 5.76. The maximum absolute atomic E-state index is 11.8. The fourth-order valence-corrected chi connectivity index (χ4v) is 1.63. The van der Waals surface area contributed by atoms with Crippen LogP contribution in [-0.2, 0) is 4.79 Å². The summed E-state index contributed by atoms with van der Waals surface area (Å²) in [4.78, 5) is 15.7. The van der Waals surface area contributed by atoms with E-state index in [9.17, 15) is 9.90 Å². The molecule has 0 saturated heterocycles. The lowest BCUT2D eigenvalue weighted by molar-refractivity contribution is -0.131. The van der Waals surface area contributed by atoms with Crippen molar-refractivity contribution in [3.8, 4) is 0 Å². The van der Waals surface area contributed by atoms with Crippen molar-refractivity contribution in [1.82, 2.24) is 9.80 Å². The van der Waals surface area contributed by atoms with Gasteiger partial charge in [0, 0.05) is 25.0 Å². The lowest BCUT2D eigenvalue weighted by Crippen LogP contribution is -2.44. The predicted octanol–water partition coefficient (Wildman–Crippen LogP) is 1.34. The molecule has 0 saturated carbocycles. The minimum absolute atomic E-state index is 0.132. The number of likely N-dealkylation sites (N-methyl/N-ethyl adjacent to an activating group) is 1. The first kappa shape index (κ1) is 16.4. The summed E-state index contributed by atoms with van der Waals surface area (Å²) in [6.07, 6.45) is 1.43. The number of hydrogen-bond donors (Lipinski definition) is 1. The number of carbonyl (C=O) groups is 1. The van der Waals surface area contributed by atoms with E-state index in [0.29, 0.717) is 6.42 Å². The van der Waals surface area contributed by atoms with Gasteiger partial charge in [0.25, 0.3) is 0 Å². The van der Waals surface area contributed by atoms with E-state index in [2.05, 4.69) is 4.90 Å². The smallest absolute Gasteiger partial charge is 0.222 e. The predicted molar refractivity (Wildman–Crippen MR) is 71.0 cm³/mol. The number of hydrogen-bond acceptors (Lipinski definition) is 3. The Morgan fingerprint density at radius 2 is 1.76 bits per heavy atom. The zero-order valence-electron chi connectivity index (χ0n) is 12.0. The molecule has 0 aliphatic rings. The Morgan fingerprint density at radius 1 is 1.24 bits per heavy atom. The van der Waals surface area contributed by atoms with Crippen molar-refractivity contribution < 1.29 is 9.90 Å². The third kappa shape index (κ3) is 5.50. The molecule has 0 aromatic rings. The van der Waals surface area contributed by atoms with Crippen LogP contribution in [0.2, 0.25) is 0 Å². The van der Waals surface area contributed by atoms with Crippen LogP contribution in [-0.4, -0.2) is 59.6 Å². The molecule has 0 bridgehead atoms. The van der Waals surface area contributed by atoms with Gasteiger partial charge in [0.1, 0.15) is 0 Å². The van der Waals surface area contributed by atoms with Crippen LogP contribution in [0.5, 0.6) is 0 Å². The van der Waals surface area contributed by atoms with Crippen LogP contribution in [0.15, 0.2) is 0 Å². The van der Waals surface area contributed by atoms with Crippen molar-refractivity contribution in [3.63, 3.8) is 0 Å². The molecule has 0 unspecified atom stereocenters. The van der Waals surface area contributed by atoms with Crippen molar-refractivity contribution in [2.24, 2.45) is 0 Å². The number of amides is 1. The Balaban J connectivity index is 3.95. The minimum atomic E-state index is -0.210. The van der Waals surface area contributed by atoms with Crippen molar-refractivity contribution in [3.05, 3.63) is 0 Å². The standard InChI is InChI=1S/C13H28N2O2/c1-6-15(7-2)12(17)9-8-10-14(5)13(3,4)11-16/h16H,6-11H2,1-5H3. The third-order valence-corrected chi connectivity index (χ3v) is 3.42. The van der Waals surface area contributed by atoms with Gasteiger partial charge in [0.2, 0.25) is 5.91 Å². The molecule has 1 amide bonds. The Morgan fingerprint density at radius 3 is 2.18 bits per heavy atom. The second kappa shape index (κ2) is 7.67. The lowest BCUT2D eigenvalue weighted by atomic mass is 10.0. The van der Waals surface area contributed by atoms with Crippen molar-refractivity contribution in [1.29, 1.82) is 0 Å². The molecule has 0 aromatic heterocycles. The topological polar surface area (TPSA) is 43.8 Å². The van der Waals surface area contributed by atoms with Crippen LogP contribution in [0.4, 0.5) is 0 Å². The molecular formula is C13H28N2O2. The molecule has 0 fully saturated rings. The molecule has 4 nitrogen and oxygen atoms in total. The SMILES string of the molecule is CCN(CC)C(=O)CCCN(C)C(C)(C)CO. The highest BCUT2D eigenvalue weighted by atomic mass is 16.3. The molecular weight excluding hydrogens is 216 g/mol. The van der Waals surface area contributed by atoms with Gasteiger partial charge in [-0.1, -0.05) is 0 Å². The molecule has 0 aliphatic carbocycles. The molecule has 0 atom stereocenters. The molecule has 17 heavy (non-hydrogen) atoms. The summed E-state index contributed by atoms with van der Waals surface area (Å²) in [5.41, 5.74) is -0.210. The summed E-state index contributed by atoms with van der Waals surface area (Å²) in [6.45, 7) is 10.5. The third-order valence-electron chi connectivity index (χ3n) is 3.42. The van der Waals surface area contributed by atoms with Crippen LogP contribution < -0.4 is 0 Å². The Kier molecular flexibility index (Phi) is 7.39. The normalized spacial score (nSPS) is 11.9. The molecule has 0 radical (unpaired) electrons. The first-order valence-electron chi connectivity index (χ1n) is 6.48. The number of nitrogens with zero attached hydrogens (tertiary/aromatic N) is 2. The van der Waals surface area contributed by atoms with Gasteiger partial charge in [-0.05, 0) is 47.7 Å². The number of aliphatic hydroxyl groups excluding tert-OH is 1. The van der Waals surface area contributed by atoms with Crippen LogP contribution in [0, 0.1) is 0 Å². The fourth-order valence-electron chi connectivity index (χ4n) is 1.63. The van der Waals surface area contributed by atoms with E-state index in [0.717, 1.165) is 26.1 Å². The van der Waals surface area contributed by atoms with Gasteiger partial charge in [0.15, 0.2) is 0 Å². The highest BCUT2D eigenvalue weighted by Crippen LogP contribution is 2.12. The fraction of sp³-hybridized carbons (Fsp3) is 0.923. The molecule has 0 spiro atoms. The van der Waals surface area contributed by atoms with E-state index in [1.807, 2.05) is 39.6 Å². The summed E-state index contributed by atoms with van der Waals surface area (Å²) in [5, 5.41) is 9.22. The summed E-state index contributed by atoms with van der Waals surface area (Å²) < 4.78 is 0. The first-order valence-corrected chi connectivity index (χ1v) is 6.48. The second-order valence-corrected chi connectivity index (χ2v) is 5.06. The maximum atomic E-state index is 11.8. The van der Waals surface area contributed by atoms with Gasteiger partial charge in [-0.3, -0.25) is 9.69 Å². The summed E-state index contributed by atoms with van der Waals surface area (Å²) in [6, 6.07) is 0. The number of rotatable bonds is 8. The molecule has 0 aromatic carbocycles. The summed E-state index contributed by atoms with van der Waals surface area (Å²) >= 11 is 0. The molecule has 0 aliphatic heterocycles. The Labute approximate surface area is 106 Å². The quantitative estimate of drug-likeness (QED) is 0.700. The number of carbonyl (C=O) groups excluding carboxylic acids is 1. The Hall–Kier alpha value is -0.610. The van der Waals surface area contributed by atoms with E-state index in [1.165, 1.54) is 0 Å². The first-order chi connectivity index (χ1) is 7.88. The summed E-state index contributed by atoms with van der Waals surface area (Å²) in [7, 11) is 1.98. The van der Waals surface area contributed by atoms with Gasteiger partial charge >= 0.3 is 0 Å². The van der Waals surface area contributed by atoms with Gasteiger partial charge < -0.3 is 10.0 Å². The van der Waals surface area contributed by atoms with E-state index in [1.54, 1.807) is 0 Å². The van der Waals surface area contributed by atoms with Crippen molar-refractivity contribution in [2.45, 2.75) is 46.1 Å². The molecule has 102 valence electrons. The largest absolute Gasteiger partial charge is 0.394 e. The molecule has 0 rings (SSSR count). The van der Waals surface area contributed by atoms with Crippen molar-refractivity contribution in [2.75, 3.05) is 33.3 Å². The van der Waals surface area contributed by atoms with Crippen LogP contribution in [0.1, 0.15) is 40.5 Å². The molecule has 1 N–H and O–H groups in total. The van der Waals surface area contributed by atoms with E-state index in [-0.39, 0.29) is 18.1 Å². The maximum Gasteiger partial charge on any atom is 0.222 e. The van der Waals surface area contributed by atoms with E-state index in [4.69, 9.17) is 0 Å². The monoisotopic (exact) mass is 244 g/mol. The average molecular weight is 244 g/mol. The minimum Gasteiger partial charge on any atom is -0.394 e. The zero-order valence-corrected chi connectivity index (χ0v) is 12.0. The highest BCUT2D eigenvalue weighted by Gasteiger charge is 2.22. The van der Waals surface area contributed by atoms with Crippen molar-refractivity contribution >= 4 is 5.91 Å². The number of aliphatic hydroxyl groups is 1. The van der Waals surface area contributed by atoms with Gasteiger partial charge in [-0.2, -0.15) is 0 Å². The zero-order chi connectivity index (χ0) is 13.5. The van der Waals surface area contributed by atoms with Gasteiger partial charge in [-0.15, -0.1) is 0 Å². The van der Waals surface area contributed by atoms with Gasteiger partial charge in [-0.25, -0.2) is 0 Å². The lowest BCUT2D eigenvalue weighted by Gasteiger charge is -2.33. The van der Waals surface area contributed by atoms with Crippen LogP contribution in [0.3, 0.4) is 0 Å². The Bertz CT molecular complexity index is 225. The molecule has 0 heterocycles. The van der Waals surface area contributed by atoms with Crippen LogP contribution >= 0.6 is 0 Å². The van der Waals surface area contributed by atoms with Crippen LogP contribution in [0.25, 0.3) is 0 Å². The molecule has 4 heteroatoms. The van der Waals surface area contributed by atoms with Gasteiger partial charge in [0.05, 0.1) is 6.61 Å². The van der Waals surface area contributed by atoms with E-state index < -0.39 is 0 Å².